The summed E-state index contributed by atoms with van der Waals surface area (Å²) < 4.78 is 5.36. The molecule has 0 bridgehead atoms. The summed E-state index contributed by atoms with van der Waals surface area (Å²) in [7, 11) is 0. The second-order valence-electron chi connectivity index (χ2n) is 3.83. The molecule has 9 heteroatoms. The summed E-state index contributed by atoms with van der Waals surface area (Å²) in [5, 5.41) is 11.5. The molecule has 0 saturated heterocycles. The van der Waals surface area contributed by atoms with Crippen molar-refractivity contribution in [1.29, 1.82) is 0 Å². The van der Waals surface area contributed by atoms with E-state index >= 15 is 0 Å². The highest BCUT2D eigenvalue weighted by Crippen LogP contribution is 2.30. The van der Waals surface area contributed by atoms with Crippen LogP contribution in [0.4, 0.5) is 5.69 Å². The Balaban J connectivity index is 1.90. The summed E-state index contributed by atoms with van der Waals surface area (Å²) in [5.41, 5.74) is 0.403. The fraction of sp³-hybridized carbons (Fsp3) is 0.250. The molecule has 2 rings (SSSR count). The first-order valence-electron chi connectivity index (χ1n) is 5.78. The minimum Gasteiger partial charge on any atom is -0.415 e. The second kappa shape index (κ2) is 7.93. The molecular weight excluding hydrogens is 353 g/mol. The van der Waals surface area contributed by atoms with Crippen LogP contribution in [0.25, 0.3) is 0 Å². The smallest absolute Gasteiger partial charge is 0.277 e. The molecule has 5 nitrogen and oxygen atoms in total. The molecule has 0 aliphatic rings. The van der Waals surface area contributed by atoms with Gasteiger partial charge in [-0.3, -0.25) is 4.79 Å². The van der Waals surface area contributed by atoms with Crippen molar-refractivity contribution in [3.63, 3.8) is 0 Å². The summed E-state index contributed by atoms with van der Waals surface area (Å²) >= 11 is 14.7. The van der Waals surface area contributed by atoms with Gasteiger partial charge in [0.1, 0.15) is 0 Å². The van der Waals surface area contributed by atoms with E-state index < -0.39 is 0 Å². The van der Waals surface area contributed by atoms with Crippen LogP contribution in [-0.4, -0.2) is 28.1 Å². The van der Waals surface area contributed by atoms with Gasteiger partial charge in [-0.1, -0.05) is 41.0 Å². The number of aromatic nitrogens is 2. The van der Waals surface area contributed by atoms with Crippen LogP contribution in [-0.2, 0) is 10.5 Å². The van der Waals surface area contributed by atoms with Crippen molar-refractivity contribution in [3.05, 3.63) is 34.1 Å². The number of para-hydroxylation sites is 1. The molecule has 1 heterocycles. The van der Waals surface area contributed by atoms with Gasteiger partial charge in [-0.2, -0.15) is 11.8 Å². The number of nitrogens with one attached hydrogen (secondary N) is 1. The van der Waals surface area contributed by atoms with Gasteiger partial charge in [0.25, 0.3) is 5.22 Å². The lowest BCUT2D eigenvalue weighted by Gasteiger charge is -2.07. The molecule has 0 aliphatic heterocycles. The fourth-order valence-electron chi connectivity index (χ4n) is 1.40. The van der Waals surface area contributed by atoms with Crippen LogP contribution in [0.3, 0.4) is 0 Å². The van der Waals surface area contributed by atoms with E-state index in [1.54, 1.807) is 30.0 Å². The van der Waals surface area contributed by atoms with Crippen LogP contribution in [0.2, 0.25) is 10.0 Å². The van der Waals surface area contributed by atoms with E-state index in [4.69, 9.17) is 27.6 Å². The van der Waals surface area contributed by atoms with Gasteiger partial charge >= 0.3 is 0 Å². The van der Waals surface area contributed by atoms with Crippen molar-refractivity contribution in [2.75, 3.05) is 17.3 Å². The summed E-state index contributed by atoms with van der Waals surface area (Å²) in [6.45, 7) is 0. The molecule has 1 amide bonds. The summed E-state index contributed by atoms with van der Waals surface area (Å²) in [6, 6.07) is 5.02. The molecule has 1 aromatic heterocycles. The van der Waals surface area contributed by atoms with Crippen molar-refractivity contribution in [2.24, 2.45) is 0 Å². The van der Waals surface area contributed by atoms with Crippen LogP contribution >= 0.6 is 46.7 Å². The zero-order chi connectivity index (χ0) is 15.2. The fourth-order valence-corrected chi connectivity index (χ4v) is 2.83. The van der Waals surface area contributed by atoms with Crippen LogP contribution < -0.4 is 5.32 Å². The van der Waals surface area contributed by atoms with Crippen molar-refractivity contribution < 1.29 is 9.21 Å². The van der Waals surface area contributed by atoms with Gasteiger partial charge in [-0.25, -0.2) is 0 Å². The Labute approximate surface area is 140 Å². The number of halogens is 2. The summed E-state index contributed by atoms with van der Waals surface area (Å²) in [5.74, 6) is 1.07. The number of benzene rings is 1. The van der Waals surface area contributed by atoms with E-state index in [0.29, 0.717) is 32.6 Å². The van der Waals surface area contributed by atoms with Crippen LogP contribution in [0.5, 0.6) is 0 Å². The quantitative estimate of drug-likeness (QED) is 0.783. The third-order valence-corrected chi connectivity index (χ3v) is 4.25. The normalized spacial score (nSPS) is 10.6. The van der Waals surface area contributed by atoms with Gasteiger partial charge in [0.2, 0.25) is 11.8 Å². The Bertz CT molecular complexity index is 616. The molecule has 1 N–H and O–H groups in total. The van der Waals surface area contributed by atoms with E-state index in [-0.39, 0.29) is 11.7 Å². The highest BCUT2D eigenvalue weighted by molar-refractivity contribution is 7.99. The lowest BCUT2D eigenvalue weighted by molar-refractivity contribution is -0.113. The molecule has 0 atom stereocenters. The zero-order valence-corrected chi connectivity index (χ0v) is 14.1. The lowest BCUT2D eigenvalue weighted by Crippen LogP contribution is -2.14. The third-order valence-electron chi connectivity index (χ3n) is 2.27. The molecule has 0 spiro atoms. The Kier molecular flexibility index (Phi) is 6.22. The summed E-state index contributed by atoms with van der Waals surface area (Å²) in [6.07, 6.45) is 1.94. The van der Waals surface area contributed by atoms with Gasteiger partial charge in [-0.05, 0) is 18.4 Å². The van der Waals surface area contributed by atoms with Gasteiger partial charge in [0.15, 0.2) is 0 Å². The number of nitrogens with zero attached hydrogens (tertiary/aromatic N) is 2. The number of amides is 1. The average Bonchev–Trinajstić information content (AvgIpc) is 2.89. The van der Waals surface area contributed by atoms with Crippen LogP contribution in [0.15, 0.2) is 27.8 Å². The standard InChI is InChI=1S/C12H11Cl2N3O2S2/c1-20-6-10-16-17-12(19-10)21-5-9(18)15-11-7(13)3-2-4-8(11)14/h2-4H,5-6H2,1H3,(H,15,18). The highest BCUT2D eigenvalue weighted by Gasteiger charge is 2.12. The van der Waals surface area contributed by atoms with E-state index in [0.717, 1.165) is 11.8 Å². The predicted octanol–water partition coefficient (Wildman–Crippen LogP) is 3.97. The minimum atomic E-state index is -0.250. The first-order chi connectivity index (χ1) is 10.1. The van der Waals surface area contributed by atoms with E-state index in [9.17, 15) is 4.79 Å². The second-order valence-corrected chi connectivity index (χ2v) is 6.44. The molecule has 1 aromatic carbocycles. The van der Waals surface area contributed by atoms with Crippen LogP contribution in [0.1, 0.15) is 5.89 Å². The number of carbonyl (C=O) groups excluding carboxylic acids is 1. The Morgan fingerprint density at radius 2 is 2.05 bits per heavy atom. The maximum atomic E-state index is 11.9. The monoisotopic (exact) mass is 363 g/mol. The SMILES string of the molecule is CSCc1nnc(SCC(=O)Nc2c(Cl)cccc2Cl)o1. The lowest BCUT2D eigenvalue weighted by atomic mass is 10.3. The van der Waals surface area contributed by atoms with Gasteiger partial charge in [0.05, 0.1) is 27.2 Å². The molecule has 0 saturated carbocycles. The van der Waals surface area contributed by atoms with Gasteiger partial charge in [-0.15, -0.1) is 10.2 Å². The molecule has 0 radical (unpaired) electrons. The average molecular weight is 364 g/mol. The number of hydrogen-bond acceptors (Lipinski definition) is 6. The number of thioether (sulfide) groups is 2. The van der Waals surface area contributed by atoms with Gasteiger partial charge < -0.3 is 9.73 Å². The molecule has 0 aliphatic carbocycles. The minimum absolute atomic E-state index is 0.127. The zero-order valence-electron chi connectivity index (χ0n) is 10.9. The van der Waals surface area contributed by atoms with E-state index in [2.05, 4.69) is 15.5 Å². The maximum absolute atomic E-state index is 11.9. The van der Waals surface area contributed by atoms with Gasteiger partial charge in [0, 0.05) is 0 Å². The largest absolute Gasteiger partial charge is 0.415 e. The molecule has 0 fully saturated rings. The number of rotatable bonds is 6. The topological polar surface area (TPSA) is 68.0 Å². The third kappa shape index (κ3) is 4.81. The first kappa shape index (κ1) is 16.5. The molecule has 2 aromatic rings. The first-order valence-corrected chi connectivity index (χ1v) is 8.91. The van der Waals surface area contributed by atoms with Crippen molar-refractivity contribution >= 4 is 58.3 Å². The van der Waals surface area contributed by atoms with Crippen molar-refractivity contribution in [1.82, 2.24) is 10.2 Å². The van der Waals surface area contributed by atoms with Crippen molar-refractivity contribution in [3.8, 4) is 0 Å². The molecule has 21 heavy (non-hydrogen) atoms. The molecular formula is C12H11Cl2N3O2S2. The maximum Gasteiger partial charge on any atom is 0.277 e. The number of hydrogen-bond donors (Lipinski definition) is 1. The number of anilines is 1. The van der Waals surface area contributed by atoms with E-state index in [1.165, 1.54) is 0 Å². The predicted molar refractivity (Wildman–Crippen MR) is 87.3 cm³/mol. The highest BCUT2D eigenvalue weighted by atomic mass is 35.5. The summed E-state index contributed by atoms with van der Waals surface area (Å²) in [4.78, 5) is 11.9. The Hall–Kier alpha value is -0.890. The molecule has 0 unspecified atom stereocenters. The van der Waals surface area contributed by atoms with Crippen molar-refractivity contribution in [2.45, 2.75) is 11.0 Å². The Morgan fingerprint density at radius 1 is 1.33 bits per heavy atom. The molecule has 112 valence electrons. The number of carbonyl (C=O) groups is 1. The Morgan fingerprint density at radius 3 is 2.71 bits per heavy atom. The van der Waals surface area contributed by atoms with Crippen LogP contribution in [0, 0.1) is 0 Å². The van der Waals surface area contributed by atoms with E-state index in [1.807, 2.05) is 6.26 Å².